The number of anilines is 1. The van der Waals surface area contributed by atoms with Gasteiger partial charge in [0.1, 0.15) is 11.5 Å². The number of hydrogen-bond acceptors (Lipinski definition) is 4. The zero-order valence-corrected chi connectivity index (χ0v) is 17.8. The molecule has 0 aliphatic rings. The number of phenols is 1. The van der Waals surface area contributed by atoms with E-state index in [0.29, 0.717) is 11.4 Å². The molecule has 3 rings (SSSR count). The number of ether oxygens (including phenoxy) is 1. The summed E-state index contributed by atoms with van der Waals surface area (Å²) >= 11 is 12.1. The van der Waals surface area contributed by atoms with E-state index in [1.165, 1.54) is 12.1 Å². The van der Waals surface area contributed by atoms with Crippen LogP contribution in [0.4, 0.5) is 5.69 Å². The second-order valence-electron chi connectivity index (χ2n) is 5.58. The number of rotatable bonds is 4. The number of phenolic OH excluding ortho intramolecular Hbond substituents is 1. The summed E-state index contributed by atoms with van der Waals surface area (Å²) in [5.74, 6) is 0.337. The van der Waals surface area contributed by atoms with Crippen LogP contribution in [0.1, 0.15) is 0 Å². The Kier molecular flexibility index (Phi) is 6.30. The predicted molar refractivity (Wildman–Crippen MR) is 117 cm³/mol. The van der Waals surface area contributed by atoms with E-state index in [2.05, 4.69) is 42.5 Å². The van der Waals surface area contributed by atoms with Crippen LogP contribution in [0.3, 0.4) is 0 Å². The Morgan fingerprint density at radius 1 is 1.07 bits per heavy atom. The third-order valence-corrected chi connectivity index (χ3v) is 5.13. The van der Waals surface area contributed by atoms with Crippen LogP contribution in [0.5, 0.6) is 11.5 Å². The van der Waals surface area contributed by atoms with Gasteiger partial charge in [-0.25, -0.2) is 0 Å². The van der Waals surface area contributed by atoms with Crippen molar-refractivity contribution < 1.29 is 14.6 Å². The van der Waals surface area contributed by atoms with Crippen LogP contribution in [0.2, 0.25) is 0 Å². The number of nitrogens with one attached hydrogen (secondary N) is 2. The maximum Gasteiger partial charge on any atom is 0.264 e. The van der Waals surface area contributed by atoms with Crippen molar-refractivity contribution in [1.82, 2.24) is 5.32 Å². The van der Waals surface area contributed by atoms with E-state index in [9.17, 15) is 9.90 Å². The molecule has 0 saturated carbocycles. The molecule has 1 amide bonds. The maximum atomic E-state index is 12.1. The van der Waals surface area contributed by atoms with Crippen molar-refractivity contribution in [2.45, 2.75) is 0 Å². The van der Waals surface area contributed by atoms with Crippen molar-refractivity contribution in [1.29, 1.82) is 0 Å². The Morgan fingerprint density at radius 3 is 2.56 bits per heavy atom. The minimum atomic E-state index is -0.380. The van der Waals surface area contributed by atoms with E-state index in [1.54, 1.807) is 18.2 Å². The molecule has 3 N–H and O–H groups in total. The van der Waals surface area contributed by atoms with E-state index in [4.69, 9.17) is 17.0 Å². The molecule has 8 heteroatoms. The summed E-state index contributed by atoms with van der Waals surface area (Å²) in [6.45, 7) is -0.183. The van der Waals surface area contributed by atoms with E-state index in [0.717, 1.165) is 19.7 Å². The van der Waals surface area contributed by atoms with E-state index >= 15 is 0 Å². The van der Waals surface area contributed by atoms with Gasteiger partial charge in [-0.2, -0.15) is 0 Å². The topological polar surface area (TPSA) is 70.6 Å². The van der Waals surface area contributed by atoms with Crippen LogP contribution in [0.25, 0.3) is 10.8 Å². The van der Waals surface area contributed by atoms with Gasteiger partial charge in [0.2, 0.25) is 0 Å². The lowest BCUT2D eigenvalue weighted by Crippen LogP contribution is -2.37. The minimum absolute atomic E-state index is 0.150. The standard InChI is InChI=1S/C19H14Br2N2O3S/c20-12-2-7-15-11(9-12)1-8-16(18(15)21)26-10-17(25)23-19(27)22-13-3-5-14(24)6-4-13/h1-9,24H,10H2,(H2,22,23,25,27). The molecule has 0 aliphatic heterocycles. The van der Waals surface area contributed by atoms with Gasteiger partial charge in [0.15, 0.2) is 11.7 Å². The fourth-order valence-corrected chi connectivity index (χ4v) is 3.59. The predicted octanol–water partition coefficient (Wildman–Crippen LogP) is 4.96. The highest BCUT2D eigenvalue weighted by Gasteiger charge is 2.10. The Hall–Kier alpha value is -2.16. The molecule has 0 aromatic heterocycles. The minimum Gasteiger partial charge on any atom is -0.508 e. The number of aromatic hydroxyl groups is 1. The number of carbonyl (C=O) groups excluding carboxylic acids is 1. The van der Waals surface area contributed by atoms with Gasteiger partial charge in [-0.1, -0.05) is 28.1 Å². The van der Waals surface area contributed by atoms with Crippen LogP contribution in [0.15, 0.2) is 63.5 Å². The zero-order chi connectivity index (χ0) is 19.4. The lowest BCUT2D eigenvalue weighted by atomic mass is 10.1. The maximum absolute atomic E-state index is 12.1. The molecule has 27 heavy (non-hydrogen) atoms. The zero-order valence-electron chi connectivity index (χ0n) is 13.8. The monoisotopic (exact) mass is 508 g/mol. The largest absolute Gasteiger partial charge is 0.508 e. The number of benzene rings is 3. The molecule has 0 saturated heterocycles. The third-order valence-electron chi connectivity index (χ3n) is 3.62. The first-order valence-corrected chi connectivity index (χ1v) is 9.82. The van der Waals surface area contributed by atoms with E-state index in [-0.39, 0.29) is 23.4 Å². The molecule has 0 heterocycles. The summed E-state index contributed by atoms with van der Waals surface area (Å²) in [5.41, 5.74) is 0.655. The molecule has 138 valence electrons. The second kappa shape index (κ2) is 8.69. The van der Waals surface area contributed by atoms with Gasteiger partial charge in [-0.15, -0.1) is 0 Å². The lowest BCUT2D eigenvalue weighted by Gasteiger charge is -2.12. The molecule has 3 aromatic rings. The van der Waals surface area contributed by atoms with Gasteiger partial charge in [0.05, 0.1) is 4.47 Å². The molecule has 0 fully saturated rings. The van der Waals surface area contributed by atoms with Crippen molar-refractivity contribution in [2.24, 2.45) is 0 Å². The number of fused-ring (bicyclic) bond motifs is 1. The summed E-state index contributed by atoms with van der Waals surface area (Å²) in [5, 5.41) is 16.9. The first-order chi connectivity index (χ1) is 12.9. The molecule has 5 nitrogen and oxygen atoms in total. The molecule has 0 aliphatic carbocycles. The Morgan fingerprint density at radius 2 is 1.81 bits per heavy atom. The average Bonchev–Trinajstić information content (AvgIpc) is 2.63. The van der Waals surface area contributed by atoms with E-state index in [1.807, 2.05) is 24.3 Å². The highest BCUT2D eigenvalue weighted by Crippen LogP contribution is 2.34. The Labute approximate surface area is 178 Å². The second-order valence-corrected chi connectivity index (χ2v) is 7.70. The fourth-order valence-electron chi connectivity index (χ4n) is 2.37. The Balaban J connectivity index is 1.58. The third kappa shape index (κ3) is 5.18. The number of hydrogen-bond donors (Lipinski definition) is 3. The van der Waals surface area contributed by atoms with Crippen molar-refractivity contribution in [2.75, 3.05) is 11.9 Å². The number of thiocarbonyl (C=S) groups is 1. The summed E-state index contributed by atoms with van der Waals surface area (Å²) in [7, 11) is 0. The van der Waals surface area contributed by atoms with Crippen molar-refractivity contribution in [3.8, 4) is 11.5 Å². The van der Waals surface area contributed by atoms with Crippen LogP contribution < -0.4 is 15.4 Å². The van der Waals surface area contributed by atoms with Gasteiger partial charge in [-0.05, 0) is 81.4 Å². The van der Waals surface area contributed by atoms with Crippen molar-refractivity contribution in [3.63, 3.8) is 0 Å². The van der Waals surface area contributed by atoms with Crippen LogP contribution >= 0.6 is 44.1 Å². The van der Waals surface area contributed by atoms with Gasteiger partial charge in [-0.3, -0.25) is 10.1 Å². The van der Waals surface area contributed by atoms with Gasteiger partial charge >= 0.3 is 0 Å². The SMILES string of the molecule is O=C(COc1ccc2cc(Br)ccc2c1Br)NC(=S)Nc1ccc(O)cc1. The van der Waals surface area contributed by atoms with Gasteiger partial charge in [0.25, 0.3) is 5.91 Å². The molecule has 0 unspecified atom stereocenters. The molecule has 0 bridgehead atoms. The van der Waals surface area contributed by atoms with Gasteiger partial charge in [0, 0.05) is 10.2 Å². The van der Waals surface area contributed by atoms with Crippen LogP contribution in [-0.4, -0.2) is 22.7 Å². The van der Waals surface area contributed by atoms with Crippen molar-refractivity contribution in [3.05, 3.63) is 63.5 Å². The molecule has 0 atom stereocenters. The summed E-state index contributed by atoms with van der Waals surface area (Å²) < 4.78 is 7.39. The number of amides is 1. The first-order valence-electron chi connectivity index (χ1n) is 7.83. The summed E-state index contributed by atoms with van der Waals surface area (Å²) in [6.07, 6.45) is 0. The van der Waals surface area contributed by atoms with Crippen LogP contribution in [-0.2, 0) is 4.79 Å². The fraction of sp³-hybridized carbons (Fsp3) is 0.0526. The Bertz CT molecular complexity index is 1010. The van der Waals surface area contributed by atoms with Crippen molar-refractivity contribution >= 4 is 71.6 Å². The number of carbonyl (C=O) groups is 1. The smallest absolute Gasteiger partial charge is 0.264 e. The average molecular weight is 510 g/mol. The molecule has 0 spiro atoms. The quantitative estimate of drug-likeness (QED) is 0.342. The van der Waals surface area contributed by atoms with Crippen LogP contribution in [0, 0.1) is 0 Å². The molecule has 0 radical (unpaired) electrons. The summed E-state index contributed by atoms with van der Waals surface area (Å²) in [6, 6.07) is 16.0. The molecular formula is C19H14Br2N2O3S. The first kappa shape index (κ1) is 19.6. The molecular weight excluding hydrogens is 496 g/mol. The lowest BCUT2D eigenvalue weighted by molar-refractivity contribution is -0.121. The highest BCUT2D eigenvalue weighted by atomic mass is 79.9. The summed E-state index contributed by atoms with van der Waals surface area (Å²) in [4.78, 5) is 12.1. The van der Waals surface area contributed by atoms with Gasteiger partial charge < -0.3 is 15.2 Å². The van der Waals surface area contributed by atoms with E-state index < -0.39 is 0 Å². The normalized spacial score (nSPS) is 10.4. The highest BCUT2D eigenvalue weighted by molar-refractivity contribution is 9.11. The molecule has 3 aromatic carbocycles. The number of halogens is 2.